The molecule has 0 aliphatic heterocycles. The molecular formula is C17H28N2. The Morgan fingerprint density at radius 2 is 2.11 bits per heavy atom. The smallest absolute Gasteiger partial charge is 0.0478 e. The highest BCUT2D eigenvalue weighted by molar-refractivity contribution is 5.33. The molecule has 19 heavy (non-hydrogen) atoms. The molecule has 1 aromatic rings. The molecule has 0 heterocycles. The molecule has 106 valence electrons. The van der Waals surface area contributed by atoms with Gasteiger partial charge in [-0.3, -0.25) is 0 Å². The van der Waals surface area contributed by atoms with Crippen molar-refractivity contribution in [1.29, 1.82) is 0 Å². The average molecular weight is 260 g/mol. The van der Waals surface area contributed by atoms with Gasteiger partial charge in [-0.25, -0.2) is 0 Å². The minimum atomic E-state index is 0.471. The van der Waals surface area contributed by atoms with Crippen molar-refractivity contribution in [2.45, 2.75) is 45.2 Å². The van der Waals surface area contributed by atoms with Crippen LogP contribution in [0.25, 0.3) is 0 Å². The van der Waals surface area contributed by atoms with Crippen LogP contribution in [-0.2, 0) is 6.42 Å². The number of rotatable bonds is 5. The molecule has 3 unspecified atom stereocenters. The van der Waals surface area contributed by atoms with Crippen LogP contribution in [0.1, 0.15) is 43.9 Å². The first-order chi connectivity index (χ1) is 9.17. The van der Waals surface area contributed by atoms with Crippen molar-refractivity contribution in [2.75, 3.05) is 20.6 Å². The fraction of sp³-hybridized carbons (Fsp3) is 0.647. The topological polar surface area (TPSA) is 15.3 Å². The summed E-state index contributed by atoms with van der Waals surface area (Å²) in [7, 11) is 4.38. The summed E-state index contributed by atoms with van der Waals surface area (Å²) in [6.07, 6.45) is 3.73. The second-order valence-corrected chi connectivity index (χ2v) is 6.02. The third-order valence-electron chi connectivity index (χ3n) is 4.66. The summed E-state index contributed by atoms with van der Waals surface area (Å²) in [6.45, 7) is 5.83. The first-order valence-electron chi connectivity index (χ1n) is 7.62. The number of benzene rings is 1. The van der Waals surface area contributed by atoms with E-state index in [1.54, 1.807) is 0 Å². The molecule has 0 spiro atoms. The van der Waals surface area contributed by atoms with Crippen molar-refractivity contribution in [3.8, 4) is 0 Å². The number of nitrogens with zero attached hydrogens (tertiary/aromatic N) is 1. The Balaban J connectivity index is 2.15. The quantitative estimate of drug-likeness (QED) is 0.874. The SMILES string of the molecule is CCC(C)CN(C)C1CCc2ccccc2C1NC. The van der Waals surface area contributed by atoms with E-state index >= 15 is 0 Å². The maximum atomic E-state index is 3.54. The lowest BCUT2D eigenvalue weighted by atomic mass is 9.83. The second-order valence-electron chi connectivity index (χ2n) is 6.02. The zero-order chi connectivity index (χ0) is 13.8. The van der Waals surface area contributed by atoms with Gasteiger partial charge in [0.05, 0.1) is 0 Å². The Morgan fingerprint density at radius 3 is 2.79 bits per heavy atom. The molecule has 0 radical (unpaired) electrons. The van der Waals surface area contributed by atoms with Crippen LogP contribution in [0.4, 0.5) is 0 Å². The van der Waals surface area contributed by atoms with E-state index < -0.39 is 0 Å². The molecule has 2 rings (SSSR count). The molecule has 0 bridgehead atoms. The lowest BCUT2D eigenvalue weighted by Gasteiger charge is -2.40. The fourth-order valence-electron chi connectivity index (χ4n) is 3.32. The Morgan fingerprint density at radius 1 is 1.37 bits per heavy atom. The minimum absolute atomic E-state index is 0.471. The zero-order valence-electron chi connectivity index (χ0n) is 12.8. The zero-order valence-corrected chi connectivity index (χ0v) is 12.8. The van der Waals surface area contributed by atoms with E-state index in [-0.39, 0.29) is 0 Å². The van der Waals surface area contributed by atoms with E-state index in [1.807, 2.05) is 0 Å². The van der Waals surface area contributed by atoms with Crippen molar-refractivity contribution in [3.05, 3.63) is 35.4 Å². The van der Waals surface area contributed by atoms with Gasteiger partial charge < -0.3 is 10.2 Å². The van der Waals surface area contributed by atoms with E-state index in [0.717, 1.165) is 5.92 Å². The molecule has 0 aromatic heterocycles. The number of aryl methyl sites for hydroxylation is 1. The molecule has 2 nitrogen and oxygen atoms in total. The maximum Gasteiger partial charge on any atom is 0.0478 e. The van der Waals surface area contributed by atoms with Crippen molar-refractivity contribution in [3.63, 3.8) is 0 Å². The highest BCUT2D eigenvalue weighted by Gasteiger charge is 2.31. The molecule has 0 saturated heterocycles. The molecule has 0 amide bonds. The first-order valence-corrected chi connectivity index (χ1v) is 7.62. The van der Waals surface area contributed by atoms with Crippen LogP contribution in [0.3, 0.4) is 0 Å². The van der Waals surface area contributed by atoms with E-state index in [0.29, 0.717) is 12.1 Å². The van der Waals surface area contributed by atoms with Gasteiger partial charge >= 0.3 is 0 Å². The lowest BCUT2D eigenvalue weighted by molar-refractivity contribution is 0.156. The molecule has 2 heteroatoms. The Bertz CT molecular complexity index is 402. The Hall–Kier alpha value is -0.860. The predicted octanol–water partition coefficient (Wildman–Crippen LogP) is 3.24. The first kappa shape index (κ1) is 14.5. The largest absolute Gasteiger partial charge is 0.312 e. The Labute approximate surface area is 118 Å². The normalized spacial score (nSPS) is 24.3. The number of nitrogens with one attached hydrogen (secondary N) is 1. The van der Waals surface area contributed by atoms with Crippen LogP contribution in [0.15, 0.2) is 24.3 Å². The minimum Gasteiger partial charge on any atom is -0.312 e. The number of hydrogen-bond donors (Lipinski definition) is 1. The van der Waals surface area contributed by atoms with Gasteiger partial charge in [-0.1, -0.05) is 44.5 Å². The van der Waals surface area contributed by atoms with Crippen molar-refractivity contribution in [1.82, 2.24) is 10.2 Å². The van der Waals surface area contributed by atoms with Crippen LogP contribution in [0.5, 0.6) is 0 Å². The highest BCUT2D eigenvalue weighted by atomic mass is 15.2. The molecule has 0 fully saturated rings. The summed E-state index contributed by atoms with van der Waals surface area (Å²) in [4.78, 5) is 2.56. The van der Waals surface area contributed by atoms with Gasteiger partial charge in [-0.15, -0.1) is 0 Å². The molecule has 0 saturated carbocycles. The number of fused-ring (bicyclic) bond motifs is 1. The van der Waals surface area contributed by atoms with Crippen molar-refractivity contribution < 1.29 is 0 Å². The predicted molar refractivity (Wildman–Crippen MR) is 82.4 cm³/mol. The van der Waals surface area contributed by atoms with Gasteiger partial charge in [-0.2, -0.15) is 0 Å². The monoisotopic (exact) mass is 260 g/mol. The summed E-state index contributed by atoms with van der Waals surface area (Å²) in [5.41, 5.74) is 3.02. The fourth-order valence-corrected chi connectivity index (χ4v) is 3.32. The number of likely N-dealkylation sites (N-methyl/N-ethyl adjacent to an activating group) is 2. The summed E-state index contributed by atoms with van der Waals surface area (Å²) in [5.74, 6) is 0.777. The van der Waals surface area contributed by atoms with Crippen LogP contribution in [0.2, 0.25) is 0 Å². The number of hydrogen-bond acceptors (Lipinski definition) is 2. The third kappa shape index (κ3) is 3.18. The van der Waals surface area contributed by atoms with Crippen molar-refractivity contribution >= 4 is 0 Å². The molecular weight excluding hydrogens is 232 g/mol. The van der Waals surface area contributed by atoms with E-state index in [4.69, 9.17) is 0 Å². The summed E-state index contributed by atoms with van der Waals surface area (Å²) in [5, 5.41) is 3.54. The van der Waals surface area contributed by atoms with Gasteiger partial charge in [0.15, 0.2) is 0 Å². The third-order valence-corrected chi connectivity index (χ3v) is 4.66. The van der Waals surface area contributed by atoms with E-state index in [1.165, 1.54) is 36.9 Å². The molecule has 1 N–H and O–H groups in total. The van der Waals surface area contributed by atoms with Gasteiger partial charge in [-0.05, 0) is 44.0 Å². The summed E-state index contributed by atoms with van der Waals surface area (Å²) >= 11 is 0. The van der Waals surface area contributed by atoms with Gasteiger partial charge in [0.25, 0.3) is 0 Å². The van der Waals surface area contributed by atoms with Gasteiger partial charge in [0.2, 0.25) is 0 Å². The standard InChI is InChI=1S/C17H28N2/c1-5-13(2)12-19(4)16-11-10-14-8-6-7-9-15(14)17(16)18-3/h6-9,13,16-18H,5,10-12H2,1-4H3. The molecule has 1 aliphatic rings. The van der Waals surface area contributed by atoms with Crippen molar-refractivity contribution in [2.24, 2.45) is 5.92 Å². The summed E-state index contributed by atoms with van der Waals surface area (Å²) in [6, 6.07) is 9.99. The second kappa shape index (κ2) is 6.53. The maximum absolute atomic E-state index is 3.54. The molecule has 3 atom stereocenters. The Kier molecular flexibility index (Phi) is 5.00. The van der Waals surface area contributed by atoms with Gasteiger partial charge in [0, 0.05) is 18.6 Å². The lowest BCUT2D eigenvalue weighted by Crippen LogP contribution is -2.46. The molecule has 1 aliphatic carbocycles. The van der Waals surface area contributed by atoms with Crippen LogP contribution < -0.4 is 5.32 Å². The summed E-state index contributed by atoms with van der Waals surface area (Å²) < 4.78 is 0. The molecule has 1 aromatic carbocycles. The van der Waals surface area contributed by atoms with E-state index in [2.05, 4.69) is 62.4 Å². The van der Waals surface area contributed by atoms with Crippen LogP contribution in [0, 0.1) is 5.92 Å². The van der Waals surface area contributed by atoms with Crippen LogP contribution in [-0.4, -0.2) is 31.6 Å². The highest BCUT2D eigenvalue weighted by Crippen LogP contribution is 2.32. The van der Waals surface area contributed by atoms with E-state index in [9.17, 15) is 0 Å². The van der Waals surface area contributed by atoms with Gasteiger partial charge in [0.1, 0.15) is 0 Å². The average Bonchev–Trinajstić information content (AvgIpc) is 2.45. The van der Waals surface area contributed by atoms with Crippen LogP contribution >= 0.6 is 0 Å².